The first kappa shape index (κ1) is 14.7. The Morgan fingerprint density at radius 2 is 2.24 bits per heavy atom. The van der Waals surface area contributed by atoms with Crippen molar-refractivity contribution in [2.45, 2.75) is 32.9 Å². The van der Waals surface area contributed by atoms with Crippen molar-refractivity contribution in [3.05, 3.63) is 29.3 Å². The molecule has 0 unspecified atom stereocenters. The number of aliphatic carboxylic acids is 1. The molecule has 0 bridgehead atoms. The Labute approximate surface area is 120 Å². The summed E-state index contributed by atoms with van der Waals surface area (Å²) in [5.74, 6) is -1.07. The molecule has 2 aromatic heterocycles. The summed E-state index contributed by atoms with van der Waals surface area (Å²) in [5.41, 5.74) is 1.66. The molecule has 2 rings (SSSR count). The summed E-state index contributed by atoms with van der Waals surface area (Å²) in [6, 6.07) is 1.70. The van der Waals surface area contributed by atoms with E-state index in [4.69, 9.17) is 5.11 Å². The molecule has 0 aliphatic rings. The number of hydrogen-bond donors (Lipinski definition) is 3. The number of nitrogens with zero attached hydrogens (tertiary/aromatic N) is 4. The van der Waals surface area contributed by atoms with E-state index < -0.39 is 5.97 Å². The molecule has 0 aliphatic carbocycles. The average Bonchev–Trinajstić information content (AvgIpc) is 3.04. The third-order valence-corrected chi connectivity index (χ3v) is 2.77. The van der Waals surface area contributed by atoms with Crippen molar-refractivity contribution in [2.75, 3.05) is 0 Å². The number of carboxylic acids is 1. The van der Waals surface area contributed by atoms with E-state index in [9.17, 15) is 9.59 Å². The van der Waals surface area contributed by atoms with Gasteiger partial charge in [0.05, 0.1) is 12.7 Å². The lowest BCUT2D eigenvalue weighted by atomic mass is 10.1. The molecule has 9 nitrogen and oxygen atoms in total. The Bertz CT molecular complexity index is 645. The summed E-state index contributed by atoms with van der Waals surface area (Å²) in [5, 5.41) is 25.4. The number of hydrogen-bond acceptors (Lipinski definition) is 5. The fourth-order valence-electron chi connectivity index (χ4n) is 1.65. The van der Waals surface area contributed by atoms with Gasteiger partial charge in [0.25, 0.3) is 5.91 Å². The zero-order chi connectivity index (χ0) is 15.4. The number of aromatic amines is 1. The molecule has 1 amide bonds. The standard InChI is InChI=1S/C12H16N6O3/c1-7(2)9-3-10(16-15-9)12(21)13-4-8-5-18(17-14-8)6-11(19)20/h3,5,7H,4,6H2,1-2H3,(H,13,21)(H,15,16)(H,19,20). The molecule has 112 valence electrons. The first-order valence-electron chi connectivity index (χ1n) is 6.40. The van der Waals surface area contributed by atoms with Crippen LogP contribution in [0, 0.1) is 0 Å². The molecule has 21 heavy (non-hydrogen) atoms. The van der Waals surface area contributed by atoms with Crippen molar-refractivity contribution >= 4 is 11.9 Å². The Morgan fingerprint density at radius 3 is 2.86 bits per heavy atom. The highest BCUT2D eigenvalue weighted by Gasteiger charge is 2.12. The highest BCUT2D eigenvalue weighted by molar-refractivity contribution is 5.92. The van der Waals surface area contributed by atoms with Crippen LogP contribution in [0.5, 0.6) is 0 Å². The maximum Gasteiger partial charge on any atom is 0.325 e. The second-order valence-corrected chi connectivity index (χ2v) is 4.85. The van der Waals surface area contributed by atoms with Crippen LogP contribution in [0.3, 0.4) is 0 Å². The molecule has 0 radical (unpaired) electrons. The molecule has 0 aromatic carbocycles. The molecule has 0 saturated heterocycles. The molecule has 0 saturated carbocycles. The number of nitrogens with one attached hydrogen (secondary N) is 2. The summed E-state index contributed by atoms with van der Waals surface area (Å²) < 4.78 is 1.19. The van der Waals surface area contributed by atoms with Crippen LogP contribution in [-0.4, -0.2) is 42.2 Å². The average molecular weight is 292 g/mol. The van der Waals surface area contributed by atoms with Crippen molar-refractivity contribution < 1.29 is 14.7 Å². The highest BCUT2D eigenvalue weighted by Crippen LogP contribution is 2.11. The molecule has 0 spiro atoms. The van der Waals surface area contributed by atoms with Crippen LogP contribution >= 0.6 is 0 Å². The van der Waals surface area contributed by atoms with Gasteiger partial charge in [-0.15, -0.1) is 5.10 Å². The molecule has 0 fully saturated rings. The van der Waals surface area contributed by atoms with Crippen LogP contribution in [-0.2, 0) is 17.9 Å². The van der Waals surface area contributed by atoms with Gasteiger partial charge in [0, 0.05) is 5.69 Å². The van der Waals surface area contributed by atoms with E-state index >= 15 is 0 Å². The van der Waals surface area contributed by atoms with Gasteiger partial charge in [0.2, 0.25) is 0 Å². The van der Waals surface area contributed by atoms with Gasteiger partial charge in [0.15, 0.2) is 0 Å². The molecular formula is C12H16N6O3. The smallest absolute Gasteiger partial charge is 0.325 e. The lowest BCUT2D eigenvalue weighted by Gasteiger charge is -1.99. The summed E-state index contributed by atoms with van der Waals surface area (Å²) in [6.45, 7) is 3.88. The molecule has 2 aromatic rings. The molecule has 3 N–H and O–H groups in total. The van der Waals surface area contributed by atoms with Crippen LogP contribution in [0.25, 0.3) is 0 Å². The van der Waals surface area contributed by atoms with Gasteiger partial charge in [-0.25, -0.2) is 4.68 Å². The minimum atomic E-state index is -1.01. The van der Waals surface area contributed by atoms with Crippen LogP contribution < -0.4 is 5.32 Å². The zero-order valence-corrected chi connectivity index (χ0v) is 11.7. The van der Waals surface area contributed by atoms with Crippen LogP contribution in [0.1, 0.15) is 41.6 Å². The van der Waals surface area contributed by atoms with E-state index in [0.29, 0.717) is 11.4 Å². The quantitative estimate of drug-likeness (QED) is 0.695. The van der Waals surface area contributed by atoms with Crippen LogP contribution in [0.2, 0.25) is 0 Å². The predicted octanol–water partition coefficient (Wildman–Crippen LogP) is 0.139. The number of H-pyrrole nitrogens is 1. The van der Waals surface area contributed by atoms with Crippen molar-refractivity contribution in [3.8, 4) is 0 Å². The van der Waals surface area contributed by atoms with Gasteiger partial charge in [-0.05, 0) is 12.0 Å². The monoisotopic (exact) mass is 292 g/mol. The Morgan fingerprint density at radius 1 is 1.48 bits per heavy atom. The van der Waals surface area contributed by atoms with Gasteiger partial charge < -0.3 is 10.4 Å². The Hall–Kier alpha value is -2.71. The van der Waals surface area contributed by atoms with Gasteiger partial charge >= 0.3 is 5.97 Å². The minimum Gasteiger partial charge on any atom is -0.480 e. The summed E-state index contributed by atoms with van der Waals surface area (Å²) in [4.78, 5) is 22.4. The molecule has 9 heteroatoms. The lowest BCUT2D eigenvalue weighted by Crippen LogP contribution is -2.23. The lowest BCUT2D eigenvalue weighted by molar-refractivity contribution is -0.137. The van der Waals surface area contributed by atoms with Crippen LogP contribution in [0.4, 0.5) is 0 Å². The predicted molar refractivity (Wildman–Crippen MR) is 71.5 cm³/mol. The van der Waals surface area contributed by atoms with Gasteiger partial charge in [-0.2, -0.15) is 5.10 Å². The van der Waals surface area contributed by atoms with E-state index in [2.05, 4.69) is 25.8 Å². The Kier molecular flexibility index (Phi) is 4.31. The Balaban J connectivity index is 1.91. The summed E-state index contributed by atoms with van der Waals surface area (Å²) in [7, 11) is 0. The fraction of sp³-hybridized carbons (Fsp3) is 0.417. The number of carbonyl (C=O) groups is 2. The molecule has 0 atom stereocenters. The number of carbonyl (C=O) groups excluding carboxylic acids is 1. The molecule has 0 aliphatic heterocycles. The first-order chi connectivity index (χ1) is 9.95. The second-order valence-electron chi connectivity index (χ2n) is 4.85. The second kappa shape index (κ2) is 6.16. The maximum absolute atomic E-state index is 11.9. The maximum atomic E-state index is 11.9. The third-order valence-electron chi connectivity index (χ3n) is 2.77. The highest BCUT2D eigenvalue weighted by atomic mass is 16.4. The summed E-state index contributed by atoms with van der Waals surface area (Å²) in [6.07, 6.45) is 1.47. The number of rotatable bonds is 6. The first-order valence-corrected chi connectivity index (χ1v) is 6.40. The zero-order valence-electron chi connectivity index (χ0n) is 11.7. The van der Waals surface area contributed by atoms with Crippen molar-refractivity contribution in [2.24, 2.45) is 0 Å². The number of aromatic nitrogens is 5. The van der Waals surface area contributed by atoms with E-state index in [0.717, 1.165) is 5.69 Å². The van der Waals surface area contributed by atoms with E-state index in [1.165, 1.54) is 10.9 Å². The minimum absolute atomic E-state index is 0.155. The number of amides is 1. The van der Waals surface area contributed by atoms with Crippen LogP contribution in [0.15, 0.2) is 12.3 Å². The van der Waals surface area contributed by atoms with Gasteiger partial charge in [0.1, 0.15) is 17.9 Å². The SMILES string of the molecule is CC(C)c1cc(C(=O)NCc2cn(CC(=O)O)nn2)n[nH]1. The normalized spacial score (nSPS) is 10.8. The number of carboxylic acid groups (broad SMARTS) is 1. The fourth-order valence-corrected chi connectivity index (χ4v) is 1.65. The van der Waals surface area contributed by atoms with Crippen molar-refractivity contribution in [1.29, 1.82) is 0 Å². The topological polar surface area (TPSA) is 126 Å². The van der Waals surface area contributed by atoms with Gasteiger partial charge in [-0.3, -0.25) is 14.7 Å². The molecule has 2 heterocycles. The van der Waals surface area contributed by atoms with E-state index in [1.807, 2.05) is 13.8 Å². The van der Waals surface area contributed by atoms with E-state index in [-0.39, 0.29) is 24.9 Å². The summed E-state index contributed by atoms with van der Waals surface area (Å²) >= 11 is 0. The van der Waals surface area contributed by atoms with Crippen molar-refractivity contribution in [3.63, 3.8) is 0 Å². The largest absolute Gasteiger partial charge is 0.480 e. The molecular weight excluding hydrogens is 276 g/mol. The third kappa shape index (κ3) is 3.88. The van der Waals surface area contributed by atoms with Gasteiger partial charge in [-0.1, -0.05) is 19.1 Å². The van der Waals surface area contributed by atoms with E-state index in [1.54, 1.807) is 6.07 Å². The van der Waals surface area contributed by atoms with Crippen molar-refractivity contribution in [1.82, 2.24) is 30.5 Å².